The number of hydrogen-bond donors (Lipinski definition) is 1. The fourth-order valence-corrected chi connectivity index (χ4v) is 1.36. The standard InChI is InChI=1S/C11H13N3/c1-2-8(12)11-7-13-9-5-3-4-6-10(9)14-11/h3-8H,2,12H2,1H3. The van der Waals surface area contributed by atoms with E-state index in [0.29, 0.717) is 0 Å². The van der Waals surface area contributed by atoms with Gasteiger partial charge in [0.2, 0.25) is 0 Å². The number of nitrogens with two attached hydrogens (primary N) is 1. The van der Waals surface area contributed by atoms with Crippen molar-refractivity contribution in [1.82, 2.24) is 9.97 Å². The molecule has 1 aromatic heterocycles. The van der Waals surface area contributed by atoms with E-state index in [0.717, 1.165) is 23.1 Å². The Bertz CT molecular complexity index is 439. The highest BCUT2D eigenvalue weighted by Gasteiger charge is 2.05. The number of fused-ring (bicyclic) bond motifs is 1. The Hall–Kier alpha value is -1.48. The molecule has 0 amide bonds. The van der Waals surface area contributed by atoms with E-state index in [1.807, 2.05) is 31.2 Å². The monoisotopic (exact) mass is 187 g/mol. The third-order valence-corrected chi connectivity index (χ3v) is 2.29. The van der Waals surface area contributed by atoms with Gasteiger partial charge in [0.1, 0.15) is 0 Å². The lowest BCUT2D eigenvalue weighted by molar-refractivity contribution is 0.675. The van der Waals surface area contributed by atoms with Crippen molar-refractivity contribution in [2.75, 3.05) is 0 Å². The summed E-state index contributed by atoms with van der Waals surface area (Å²) >= 11 is 0. The molecule has 0 radical (unpaired) electrons. The first-order valence-electron chi connectivity index (χ1n) is 4.78. The van der Waals surface area contributed by atoms with E-state index in [4.69, 9.17) is 5.73 Å². The van der Waals surface area contributed by atoms with Gasteiger partial charge in [0, 0.05) is 6.04 Å². The fraction of sp³-hybridized carbons (Fsp3) is 0.273. The second kappa shape index (κ2) is 3.72. The predicted octanol–water partition coefficient (Wildman–Crippen LogP) is 2.04. The van der Waals surface area contributed by atoms with Crippen LogP contribution in [0.25, 0.3) is 11.0 Å². The van der Waals surface area contributed by atoms with E-state index in [-0.39, 0.29) is 6.04 Å². The summed E-state index contributed by atoms with van der Waals surface area (Å²) < 4.78 is 0. The zero-order chi connectivity index (χ0) is 9.97. The maximum atomic E-state index is 5.88. The van der Waals surface area contributed by atoms with E-state index in [1.165, 1.54) is 0 Å². The molecule has 0 saturated carbocycles. The zero-order valence-electron chi connectivity index (χ0n) is 8.14. The van der Waals surface area contributed by atoms with Crippen molar-refractivity contribution < 1.29 is 0 Å². The summed E-state index contributed by atoms with van der Waals surface area (Å²) in [4.78, 5) is 8.77. The molecule has 1 unspecified atom stereocenters. The van der Waals surface area contributed by atoms with Crippen molar-refractivity contribution in [3.63, 3.8) is 0 Å². The first-order valence-corrected chi connectivity index (χ1v) is 4.78. The van der Waals surface area contributed by atoms with Crippen LogP contribution in [0.3, 0.4) is 0 Å². The van der Waals surface area contributed by atoms with E-state index >= 15 is 0 Å². The SMILES string of the molecule is CCC(N)c1cnc2ccccc2n1. The number of rotatable bonds is 2. The van der Waals surface area contributed by atoms with Gasteiger partial charge in [0.15, 0.2) is 0 Å². The maximum absolute atomic E-state index is 5.88. The van der Waals surface area contributed by atoms with Gasteiger partial charge in [-0.1, -0.05) is 19.1 Å². The lowest BCUT2D eigenvalue weighted by atomic mass is 10.2. The molecular formula is C11H13N3. The summed E-state index contributed by atoms with van der Waals surface area (Å²) in [6, 6.07) is 7.80. The van der Waals surface area contributed by atoms with Crippen LogP contribution < -0.4 is 5.73 Å². The summed E-state index contributed by atoms with van der Waals surface area (Å²) in [5, 5.41) is 0. The van der Waals surface area contributed by atoms with Gasteiger partial charge >= 0.3 is 0 Å². The van der Waals surface area contributed by atoms with Crippen LogP contribution in [0.2, 0.25) is 0 Å². The molecule has 14 heavy (non-hydrogen) atoms. The molecule has 0 aliphatic carbocycles. The third-order valence-electron chi connectivity index (χ3n) is 2.29. The molecule has 2 aromatic rings. The van der Waals surface area contributed by atoms with Gasteiger partial charge in [-0.2, -0.15) is 0 Å². The number of para-hydroxylation sites is 2. The quantitative estimate of drug-likeness (QED) is 0.782. The Morgan fingerprint density at radius 2 is 2.00 bits per heavy atom. The number of aromatic nitrogens is 2. The van der Waals surface area contributed by atoms with Crippen LogP contribution in [0.1, 0.15) is 25.1 Å². The molecule has 2 rings (SSSR count). The van der Waals surface area contributed by atoms with Crippen LogP contribution in [-0.4, -0.2) is 9.97 Å². The minimum Gasteiger partial charge on any atom is -0.323 e. The van der Waals surface area contributed by atoms with Gasteiger partial charge in [-0.15, -0.1) is 0 Å². The largest absolute Gasteiger partial charge is 0.323 e. The van der Waals surface area contributed by atoms with Crippen molar-refractivity contribution in [2.24, 2.45) is 5.73 Å². The summed E-state index contributed by atoms with van der Waals surface area (Å²) in [5.41, 5.74) is 8.58. The van der Waals surface area contributed by atoms with Crippen LogP contribution in [0.4, 0.5) is 0 Å². The van der Waals surface area contributed by atoms with Gasteiger partial charge in [-0.3, -0.25) is 4.98 Å². The molecule has 1 atom stereocenters. The van der Waals surface area contributed by atoms with E-state index < -0.39 is 0 Å². The molecule has 1 aromatic carbocycles. The first-order chi connectivity index (χ1) is 6.81. The Kier molecular flexibility index (Phi) is 2.41. The van der Waals surface area contributed by atoms with Crippen molar-refractivity contribution >= 4 is 11.0 Å². The highest BCUT2D eigenvalue weighted by Crippen LogP contribution is 2.14. The van der Waals surface area contributed by atoms with E-state index in [1.54, 1.807) is 6.20 Å². The number of hydrogen-bond acceptors (Lipinski definition) is 3. The topological polar surface area (TPSA) is 51.8 Å². The third kappa shape index (κ3) is 1.59. The smallest absolute Gasteiger partial charge is 0.0890 e. The van der Waals surface area contributed by atoms with Gasteiger partial charge in [0.05, 0.1) is 22.9 Å². The molecule has 0 aliphatic rings. The van der Waals surface area contributed by atoms with Gasteiger partial charge < -0.3 is 5.73 Å². The molecule has 72 valence electrons. The van der Waals surface area contributed by atoms with Crippen LogP contribution in [0.15, 0.2) is 30.5 Å². The van der Waals surface area contributed by atoms with E-state index in [2.05, 4.69) is 9.97 Å². The van der Waals surface area contributed by atoms with Crippen molar-refractivity contribution in [3.05, 3.63) is 36.2 Å². The van der Waals surface area contributed by atoms with Gasteiger partial charge in [0.25, 0.3) is 0 Å². The Morgan fingerprint density at radius 1 is 1.29 bits per heavy atom. The zero-order valence-corrected chi connectivity index (χ0v) is 8.14. The van der Waals surface area contributed by atoms with Crippen LogP contribution in [0, 0.1) is 0 Å². The Labute approximate surface area is 83.0 Å². The molecule has 0 bridgehead atoms. The van der Waals surface area contributed by atoms with Gasteiger partial charge in [-0.05, 0) is 18.6 Å². The highest BCUT2D eigenvalue weighted by molar-refractivity contribution is 5.73. The molecule has 0 saturated heterocycles. The summed E-state index contributed by atoms with van der Waals surface area (Å²) in [5.74, 6) is 0. The van der Waals surface area contributed by atoms with Crippen molar-refractivity contribution in [1.29, 1.82) is 0 Å². The van der Waals surface area contributed by atoms with Gasteiger partial charge in [-0.25, -0.2) is 4.98 Å². The van der Waals surface area contributed by atoms with Crippen LogP contribution in [-0.2, 0) is 0 Å². The Morgan fingerprint density at radius 3 is 2.71 bits per heavy atom. The second-order valence-electron chi connectivity index (χ2n) is 3.30. The summed E-state index contributed by atoms with van der Waals surface area (Å²) in [6.07, 6.45) is 2.64. The lowest BCUT2D eigenvalue weighted by Crippen LogP contribution is -2.11. The molecule has 0 fully saturated rings. The molecule has 2 N–H and O–H groups in total. The average Bonchev–Trinajstić information content (AvgIpc) is 2.27. The van der Waals surface area contributed by atoms with E-state index in [9.17, 15) is 0 Å². The van der Waals surface area contributed by atoms with Crippen LogP contribution >= 0.6 is 0 Å². The maximum Gasteiger partial charge on any atom is 0.0890 e. The molecule has 1 heterocycles. The lowest BCUT2D eigenvalue weighted by Gasteiger charge is -2.07. The van der Waals surface area contributed by atoms with Crippen molar-refractivity contribution in [3.8, 4) is 0 Å². The highest BCUT2D eigenvalue weighted by atomic mass is 14.8. The number of benzene rings is 1. The molecule has 0 aliphatic heterocycles. The summed E-state index contributed by atoms with van der Waals surface area (Å²) in [6.45, 7) is 2.04. The first kappa shape index (κ1) is 9.09. The summed E-state index contributed by atoms with van der Waals surface area (Å²) in [7, 11) is 0. The minimum atomic E-state index is -0.00731. The fourth-order valence-electron chi connectivity index (χ4n) is 1.36. The minimum absolute atomic E-state index is 0.00731. The molecule has 0 spiro atoms. The van der Waals surface area contributed by atoms with Crippen LogP contribution in [0.5, 0.6) is 0 Å². The van der Waals surface area contributed by atoms with Crippen molar-refractivity contribution in [2.45, 2.75) is 19.4 Å². The normalized spacial score (nSPS) is 13.0. The Balaban J connectivity index is 2.51. The number of nitrogens with zero attached hydrogens (tertiary/aromatic N) is 2. The predicted molar refractivity (Wildman–Crippen MR) is 56.8 cm³/mol. The molecule has 3 nitrogen and oxygen atoms in total. The molecule has 3 heteroatoms. The second-order valence-corrected chi connectivity index (χ2v) is 3.30. The molecular weight excluding hydrogens is 174 g/mol. The average molecular weight is 187 g/mol.